The van der Waals surface area contributed by atoms with Gasteiger partial charge in [-0.1, -0.05) is 5.11 Å². The fraction of sp³-hybridized carbons (Fsp3) is 0.900. The second-order valence-electron chi connectivity index (χ2n) is 8.19. The third kappa shape index (κ3) is 10.5. The third-order valence-electron chi connectivity index (χ3n) is 4.96. The van der Waals surface area contributed by atoms with Gasteiger partial charge in [0.2, 0.25) is 5.91 Å². The van der Waals surface area contributed by atoms with Gasteiger partial charge in [0.05, 0.1) is 58.9 Å². The Bertz CT molecular complexity index is 720. The lowest BCUT2D eigenvalue weighted by Crippen LogP contribution is -2.63. The Morgan fingerprint density at radius 3 is 2.23 bits per heavy atom. The van der Waals surface area contributed by atoms with Crippen molar-refractivity contribution in [3.05, 3.63) is 10.4 Å². The van der Waals surface area contributed by atoms with Crippen LogP contribution in [0, 0.1) is 0 Å². The second-order valence-corrected chi connectivity index (χ2v) is 8.19. The second kappa shape index (κ2) is 15.0. The summed E-state index contributed by atoms with van der Waals surface area (Å²) in [6, 6.07) is -0.629. The molecule has 3 N–H and O–H groups in total. The first kappa shape index (κ1) is 29.0. The lowest BCUT2D eigenvalue weighted by atomic mass is 9.96. The van der Waals surface area contributed by atoms with Crippen LogP contribution in [0.5, 0.6) is 0 Å². The number of rotatable bonds is 16. The molecule has 0 bridgehead atoms. The zero-order valence-corrected chi connectivity index (χ0v) is 20.2. The van der Waals surface area contributed by atoms with E-state index in [2.05, 4.69) is 20.7 Å². The highest BCUT2D eigenvalue weighted by Crippen LogP contribution is 2.38. The summed E-state index contributed by atoms with van der Waals surface area (Å²) < 4.78 is 39.8. The number of hydrogen-bond donors (Lipinski definition) is 3. The minimum atomic E-state index is -1.09. The SMILES string of the molecule is CC(=O)N[C@H]1C(OCCOCCOCCOCCNC(=O)O)O[C@H](CN=[N+]=[N-])[C@@H]2OC(C)(C)O[C@@H]21. The Morgan fingerprint density at radius 2 is 1.63 bits per heavy atom. The van der Waals surface area contributed by atoms with Crippen molar-refractivity contribution < 1.29 is 47.9 Å². The maximum absolute atomic E-state index is 11.8. The van der Waals surface area contributed by atoms with E-state index in [0.717, 1.165) is 0 Å². The topological polar surface area (TPSA) is 192 Å². The van der Waals surface area contributed by atoms with E-state index in [1.54, 1.807) is 13.8 Å². The molecule has 2 saturated heterocycles. The van der Waals surface area contributed by atoms with Gasteiger partial charge in [-0.05, 0) is 19.4 Å². The van der Waals surface area contributed by atoms with Gasteiger partial charge in [-0.15, -0.1) is 0 Å². The monoisotopic (exact) mass is 505 g/mol. The molecule has 2 aliphatic rings. The fourth-order valence-corrected chi connectivity index (χ4v) is 3.66. The minimum absolute atomic E-state index is 0.0252. The molecule has 0 aromatic carbocycles. The summed E-state index contributed by atoms with van der Waals surface area (Å²) in [4.78, 5) is 24.9. The first-order valence-corrected chi connectivity index (χ1v) is 11.3. The Labute approximate surface area is 203 Å². The van der Waals surface area contributed by atoms with Crippen molar-refractivity contribution in [3.63, 3.8) is 0 Å². The predicted molar refractivity (Wildman–Crippen MR) is 119 cm³/mol. The van der Waals surface area contributed by atoms with Crippen molar-refractivity contribution in [1.82, 2.24) is 10.6 Å². The molecule has 15 heteroatoms. The van der Waals surface area contributed by atoms with E-state index < -0.39 is 42.5 Å². The van der Waals surface area contributed by atoms with Gasteiger partial charge in [-0.25, -0.2) is 4.79 Å². The van der Waals surface area contributed by atoms with E-state index in [4.69, 9.17) is 43.8 Å². The Balaban J connectivity index is 1.70. The van der Waals surface area contributed by atoms with Gasteiger partial charge in [0.1, 0.15) is 18.2 Å². The maximum Gasteiger partial charge on any atom is 0.404 e. The molecule has 35 heavy (non-hydrogen) atoms. The van der Waals surface area contributed by atoms with Crippen molar-refractivity contribution >= 4 is 12.0 Å². The highest BCUT2D eigenvalue weighted by molar-refractivity contribution is 5.73. The molecule has 15 nitrogen and oxygen atoms in total. The number of fused-ring (bicyclic) bond motifs is 1. The minimum Gasteiger partial charge on any atom is -0.465 e. The van der Waals surface area contributed by atoms with Gasteiger partial charge in [-0.2, -0.15) is 0 Å². The smallest absolute Gasteiger partial charge is 0.404 e. The molecular weight excluding hydrogens is 470 g/mol. The molecule has 5 atom stereocenters. The lowest BCUT2D eigenvalue weighted by molar-refractivity contribution is -0.244. The average Bonchev–Trinajstić information content (AvgIpc) is 3.12. The molecule has 2 aliphatic heterocycles. The van der Waals surface area contributed by atoms with Crippen LogP contribution in [0.15, 0.2) is 5.11 Å². The molecular formula is C20H35N5O10. The van der Waals surface area contributed by atoms with Crippen LogP contribution in [-0.2, 0) is 38.0 Å². The van der Waals surface area contributed by atoms with Gasteiger partial charge in [0.15, 0.2) is 12.1 Å². The molecule has 1 unspecified atom stereocenters. The molecule has 0 aliphatic carbocycles. The van der Waals surface area contributed by atoms with Crippen LogP contribution < -0.4 is 10.6 Å². The molecule has 200 valence electrons. The maximum atomic E-state index is 11.8. The molecule has 2 rings (SSSR count). The van der Waals surface area contributed by atoms with Crippen LogP contribution in [0.25, 0.3) is 10.4 Å². The van der Waals surface area contributed by atoms with Gasteiger partial charge in [0, 0.05) is 18.4 Å². The van der Waals surface area contributed by atoms with Crippen molar-refractivity contribution in [2.75, 3.05) is 59.3 Å². The Kier molecular flexibility index (Phi) is 12.4. The molecule has 0 spiro atoms. The van der Waals surface area contributed by atoms with Gasteiger partial charge in [0.25, 0.3) is 0 Å². The molecule has 0 radical (unpaired) electrons. The zero-order valence-electron chi connectivity index (χ0n) is 20.2. The molecule has 2 heterocycles. The number of azide groups is 1. The predicted octanol–water partition coefficient (Wildman–Crippen LogP) is 0.380. The third-order valence-corrected chi connectivity index (χ3v) is 4.96. The fourth-order valence-electron chi connectivity index (χ4n) is 3.66. The number of hydrogen-bond acceptors (Lipinski definition) is 10. The van der Waals surface area contributed by atoms with Crippen LogP contribution in [0.1, 0.15) is 20.8 Å². The Hall–Kier alpha value is -2.23. The number of carbonyl (C=O) groups excluding carboxylic acids is 1. The van der Waals surface area contributed by atoms with Gasteiger partial charge < -0.3 is 48.9 Å². The van der Waals surface area contributed by atoms with E-state index in [1.165, 1.54) is 6.92 Å². The Morgan fingerprint density at radius 1 is 1.03 bits per heavy atom. The quantitative estimate of drug-likeness (QED) is 0.114. The van der Waals surface area contributed by atoms with Crippen LogP contribution in [0.4, 0.5) is 4.79 Å². The van der Waals surface area contributed by atoms with Crippen molar-refractivity contribution in [2.45, 2.75) is 57.2 Å². The standard InChI is InChI=1S/C20H35N5O10/c1-13(26)24-15-17-16(34-20(2,3)35-17)14(12-23-25-21)33-18(15)32-11-10-31-9-8-30-7-6-29-5-4-22-19(27)28/h14-18,22H,4-12H2,1-3H3,(H,24,26)(H,27,28)/t14-,15-,16+,17-,18?/m1/s1. The normalized spacial score (nSPS) is 27.0. The van der Waals surface area contributed by atoms with Crippen LogP contribution in [0.3, 0.4) is 0 Å². The number of nitrogens with one attached hydrogen (secondary N) is 2. The summed E-state index contributed by atoms with van der Waals surface area (Å²) in [6.45, 7) is 7.24. The first-order chi connectivity index (χ1) is 16.7. The highest BCUT2D eigenvalue weighted by atomic mass is 16.8. The summed E-state index contributed by atoms with van der Waals surface area (Å²) in [7, 11) is 0. The zero-order chi connectivity index (χ0) is 25.7. The highest BCUT2D eigenvalue weighted by Gasteiger charge is 2.55. The largest absolute Gasteiger partial charge is 0.465 e. The van der Waals surface area contributed by atoms with Gasteiger partial charge in [-0.3, -0.25) is 4.79 Å². The number of amides is 2. The molecule has 0 aromatic rings. The van der Waals surface area contributed by atoms with E-state index in [1.807, 2.05) is 0 Å². The summed E-state index contributed by atoms with van der Waals surface area (Å²) in [5.41, 5.74) is 8.71. The van der Waals surface area contributed by atoms with E-state index in [9.17, 15) is 9.59 Å². The molecule has 0 aromatic heterocycles. The summed E-state index contributed by atoms with van der Waals surface area (Å²) in [5.74, 6) is -1.18. The van der Waals surface area contributed by atoms with Crippen molar-refractivity contribution in [2.24, 2.45) is 5.11 Å². The van der Waals surface area contributed by atoms with Crippen molar-refractivity contribution in [3.8, 4) is 0 Å². The van der Waals surface area contributed by atoms with Crippen LogP contribution in [0.2, 0.25) is 0 Å². The molecule has 2 fully saturated rings. The first-order valence-electron chi connectivity index (χ1n) is 11.3. The van der Waals surface area contributed by atoms with E-state index in [-0.39, 0.29) is 38.8 Å². The number of nitrogens with zero attached hydrogens (tertiary/aromatic N) is 3. The summed E-state index contributed by atoms with van der Waals surface area (Å²) >= 11 is 0. The van der Waals surface area contributed by atoms with E-state index in [0.29, 0.717) is 26.4 Å². The van der Waals surface area contributed by atoms with Crippen LogP contribution >= 0.6 is 0 Å². The lowest BCUT2D eigenvalue weighted by Gasteiger charge is -2.41. The summed E-state index contributed by atoms with van der Waals surface area (Å²) in [6.07, 6.45) is -3.65. The number of ether oxygens (including phenoxy) is 7. The van der Waals surface area contributed by atoms with Gasteiger partial charge >= 0.3 is 6.09 Å². The number of carbonyl (C=O) groups is 2. The number of carboxylic acid groups (broad SMARTS) is 1. The molecule has 2 amide bonds. The van der Waals surface area contributed by atoms with Crippen molar-refractivity contribution in [1.29, 1.82) is 0 Å². The average molecular weight is 506 g/mol. The molecule has 0 saturated carbocycles. The summed E-state index contributed by atoms with van der Waals surface area (Å²) in [5, 5.41) is 17.0. The van der Waals surface area contributed by atoms with Crippen LogP contribution in [-0.4, -0.2) is 113 Å². The van der Waals surface area contributed by atoms with E-state index >= 15 is 0 Å².